The molecule has 9 nitrogen and oxygen atoms in total. The molecule has 3 heterocycles. The first-order valence-electron chi connectivity index (χ1n) is 13.9. The van der Waals surface area contributed by atoms with Gasteiger partial charge in [0.05, 0.1) is 38.2 Å². The minimum absolute atomic E-state index is 0.0602. The summed E-state index contributed by atoms with van der Waals surface area (Å²) in [6.45, 7) is 12.1. The predicted octanol–water partition coefficient (Wildman–Crippen LogP) is 3.31. The molecular formula is C29H43N5O4. The number of carbonyl (C=O) groups is 2. The highest BCUT2D eigenvalue weighted by Gasteiger charge is 2.37. The Morgan fingerprint density at radius 3 is 2.79 bits per heavy atom. The zero-order chi connectivity index (χ0) is 27.1. The van der Waals surface area contributed by atoms with Gasteiger partial charge in [-0.1, -0.05) is 12.1 Å². The van der Waals surface area contributed by atoms with Crippen molar-refractivity contribution in [2.24, 2.45) is 0 Å². The van der Waals surface area contributed by atoms with Crippen molar-refractivity contribution in [3.63, 3.8) is 0 Å². The van der Waals surface area contributed by atoms with Crippen LogP contribution in [-0.4, -0.2) is 77.2 Å². The molecule has 1 saturated heterocycles. The number of carbonyl (C=O) groups excluding carboxylic acids is 2. The van der Waals surface area contributed by atoms with Crippen LogP contribution < -0.4 is 10.1 Å². The molecule has 1 aromatic heterocycles. The molecule has 9 heteroatoms. The predicted molar refractivity (Wildman–Crippen MR) is 146 cm³/mol. The van der Waals surface area contributed by atoms with Gasteiger partial charge in [0.25, 0.3) is 0 Å². The van der Waals surface area contributed by atoms with E-state index in [1.54, 1.807) is 6.20 Å². The van der Waals surface area contributed by atoms with Gasteiger partial charge in [-0.2, -0.15) is 5.10 Å². The number of rotatable bonds is 5. The van der Waals surface area contributed by atoms with E-state index < -0.39 is 5.60 Å². The Balaban J connectivity index is 1.44. The summed E-state index contributed by atoms with van der Waals surface area (Å²) in [5, 5.41) is 10.2. The minimum Gasteiger partial charge on any atom is -0.493 e. The average Bonchev–Trinajstić information content (AvgIpc) is 3.34. The Labute approximate surface area is 226 Å². The van der Waals surface area contributed by atoms with Crippen LogP contribution in [0.5, 0.6) is 5.75 Å². The first-order valence-corrected chi connectivity index (χ1v) is 13.9. The zero-order valence-electron chi connectivity index (χ0n) is 23.3. The number of aromatic amines is 1. The van der Waals surface area contributed by atoms with Crippen molar-refractivity contribution in [1.82, 2.24) is 25.3 Å². The summed E-state index contributed by atoms with van der Waals surface area (Å²) in [4.78, 5) is 29.8. The summed E-state index contributed by atoms with van der Waals surface area (Å²) < 4.78 is 12.3. The summed E-state index contributed by atoms with van der Waals surface area (Å²) in [6, 6.07) is 6.44. The van der Waals surface area contributed by atoms with Crippen molar-refractivity contribution >= 4 is 11.8 Å². The smallest absolute Gasteiger partial charge is 0.234 e. The Kier molecular flexibility index (Phi) is 9.44. The Hall–Kier alpha value is -2.91. The van der Waals surface area contributed by atoms with E-state index in [1.807, 2.05) is 24.8 Å². The summed E-state index contributed by atoms with van der Waals surface area (Å²) >= 11 is 0. The van der Waals surface area contributed by atoms with Gasteiger partial charge >= 0.3 is 0 Å². The van der Waals surface area contributed by atoms with Crippen molar-refractivity contribution in [1.29, 1.82) is 0 Å². The summed E-state index contributed by atoms with van der Waals surface area (Å²) in [6.07, 6.45) is 5.79. The number of nitrogens with zero attached hydrogens (tertiary/aromatic N) is 3. The van der Waals surface area contributed by atoms with E-state index in [4.69, 9.17) is 9.47 Å². The maximum absolute atomic E-state index is 13.2. The van der Waals surface area contributed by atoms with E-state index >= 15 is 0 Å². The number of fused-ring (bicyclic) bond motifs is 1. The maximum atomic E-state index is 13.2. The van der Waals surface area contributed by atoms with Crippen molar-refractivity contribution in [2.45, 2.75) is 78.0 Å². The van der Waals surface area contributed by atoms with Crippen LogP contribution in [0.15, 0.2) is 24.4 Å². The molecule has 1 unspecified atom stereocenters. The van der Waals surface area contributed by atoms with Crippen LogP contribution in [-0.2, 0) is 32.9 Å². The zero-order valence-corrected chi connectivity index (χ0v) is 23.3. The van der Waals surface area contributed by atoms with Gasteiger partial charge in [0.2, 0.25) is 11.8 Å². The number of amides is 2. The van der Waals surface area contributed by atoms with Crippen LogP contribution in [0.1, 0.15) is 68.8 Å². The van der Waals surface area contributed by atoms with Gasteiger partial charge in [0.15, 0.2) is 0 Å². The largest absolute Gasteiger partial charge is 0.493 e. The topological polar surface area (TPSA) is 99.8 Å². The maximum Gasteiger partial charge on any atom is 0.234 e. The van der Waals surface area contributed by atoms with Gasteiger partial charge in [-0.05, 0) is 70.6 Å². The highest BCUT2D eigenvalue weighted by atomic mass is 16.5. The third-order valence-electron chi connectivity index (χ3n) is 7.59. The van der Waals surface area contributed by atoms with Crippen LogP contribution in [0.3, 0.4) is 0 Å². The molecule has 38 heavy (non-hydrogen) atoms. The van der Waals surface area contributed by atoms with Gasteiger partial charge in [-0.3, -0.25) is 19.6 Å². The first kappa shape index (κ1) is 28.1. The van der Waals surface area contributed by atoms with Crippen molar-refractivity contribution in [3.05, 3.63) is 46.8 Å². The second kappa shape index (κ2) is 12.8. The van der Waals surface area contributed by atoms with Crippen LogP contribution >= 0.6 is 0 Å². The molecule has 0 bridgehead atoms. The molecular weight excluding hydrogens is 482 g/mol. The molecule has 2 N–H and O–H groups in total. The molecule has 4 rings (SSSR count). The van der Waals surface area contributed by atoms with Crippen LogP contribution in [0.2, 0.25) is 0 Å². The first-order chi connectivity index (χ1) is 18.2. The molecule has 1 atom stereocenters. The molecule has 2 aliphatic heterocycles. The van der Waals surface area contributed by atoms with Crippen molar-refractivity contribution < 1.29 is 19.1 Å². The van der Waals surface area contributed by atoms with E-state index in [-0.39, 0.29) is 17.9 Å². The van der Waals surface area contributed by atoms with E-state index in [9.17, 15) is 9.59 Å². The molecule has 2 aromatic rings. The summed E-state index contributed by atoms with van der Waals surface area (Å²) in [7, 11) is 0. The average molecular weight is 526 g/mol. The number of morpholine rings is 1. The fraction of sp³-hybridized carbons (Fsp3) is 0.621. The summed E-state index contributed by atoms with van der Waals surface area (Å²) in [5.74, 6) is 1.05. The van der Waals surface area contributed by atoms with E-state index in [2.05, 4.69) is 46.4 Å². The van der Waals surface area contributed by atoms with E-state index in [0.29, 0.717) is 58.8 Å². The number of aromatic nitrogens is 2. The Morgan fingerprint density at radius 2 is 2.03 bits per heavy atom. The monoisotopic (exact) mass is 525 g/mol. The van der Waals surface area contributed by atoms with E-state index in [0.717, 1.165) is 47.4 Å². The lowest BCUT2D eigenvalue weighted by molar-refractivity contribution is -0.150. The molecule has 0 radical (unpaired) electrons. The van der Waals surface area contributed by atoms with Crippen LogP contribution in [0.25, 0.3) is 0 Å². The summed E-state index contributed by atoms with van der Waals surface area (Å²) in [5.41, 5.74) is 3.53. The Bertz CT molecular complexity index is 1100. The molecule has 0 saturated carbocycles. The van der Waals surface area contributed by atoms with Gasteiger partial charge in [0.1, 0.15) is 11.4 Å². The molecule has 0 spiro atoms. The van der Waals surface area contributed by atoms with Gasteiger partial charge < -0.3 is 19.7 Å². The van der Waals surface area contributed by atoms with Crippen LogP contribution in [0.4, 0.5) is 0 Å². The van der Waals surface area contributed by atoms with E-state index in [1.165, 1.54) is 0 Å². The molecule has 2 aliphatic rings. The van der Waals surface area contributed by atoms with Crippen molar-refractivity contribution in [2.75, 3.05) is 39.4 Å². The number of hydrogen-bond donors (Lipinski definition) is 2. The molecule has 1 aromatic carbocycles. The fourth-order valence-electron chi connectivity index (χ4n) is 5.27. The second-order valence-electron chi connectivity index (χ2n) is 11.0. The van der Waals surface area contributed by atoms with Gasteiger partial charge in [-0.25, -0.2) is 0 Å². The fourth-order valence-corrected chi connectivity index (χ4v) is 5.27. The lowest BCUT2D eigenvalue weighted by atomic mass is 9.96. The van der Waals surface area contributed by atoms with Gasteiger partial charge in [0, 0.05) is 37.7 Å². The molecule has 2 amide bonds. The third-order valence-corrected chi connectivity index (χ3v) is 7.59. The van der Waals surface area contributed by atoms with Crippen molar-refractivity contribution in [3.8, 4) is 5.75 Å². The normalized spacial score (nSPS) is 22.0. The number of nitrogens with one attached hydrogen (secondary N) is 2. The SMILES string of the molecule is Cc1cn[nH]c1C1(C)CN(C(=O)CCc2ccc3c(c2)CN(C(C)C)CC(=O)NCCCCCO3)CCO1. The number of aryl methyl sites for hydroxylation is 2. The molecule has 208 valence electrons. The number of benzene rings is 1. The number of hydrogen-bond acceptors (Lipinski definition) is 6. The number of ether oxygens (including phenoxy) is 2. The minimum atomic E-state index is -0.589. The number of H-pyrrole nitrogens is 1. The van der Waals surface area contributed by atoms with Crippen LogP contribution in [0, 0.1) is 6.92 Å². The lowest BCUT2D eigenvalue weighted by Crippen LogP contribution is -2.51. The molecule has 1 fully saturated rings. The highest BCUT2D eigenvalue weighted by molar-refractivity contribution is 5.78. The van der Waals surface area contributed by atoms with Gasteiger partial charge in [-0.15, -0.1) is 0 Å². The Morgan fingerprint density at radius 1 is 1.18 bits per heavy atom. The molecule has 0 aliphatic carbocycles. The highest BCUT2D eigenvalue weighted by Crippen LogP contribution is 2.30. The lowest BCUT2D eigenvalue weighted by Gasteiger charge is -2.40. The third kappa shape index (κ3) is 7.14. The second-order valence-corrected chi connectivity index (χ2v) is 11.0. The standard InChI is InChI=1S/C29H43N5O4/c1-21(2)34-18-24-16-23(8-10-25(24)37-14-7-5-6-12-30-26(35)19-34)9-11-27(36)33-13-15-38-29(4,20-33)28-22(3)17-31-32-28/h8,10,16-17,21H,5-7,9,11-15,18-20H2,1-4H3,(H,30,35)(H,31,32). The quantitative estimate of drug-likeness (QED) is 0.621.